The van der Waals surface area contributed by atoms with E-state index in [4.69, 9.17) is 0 Å². The van der Waals surface area contributed by atoms with Crippen LogP contribution >= 0.6 is 15.9 Å². The third-order valence-electron chi connectivity index (χ3n) is 4.73. The maximum absolute atomic E-state index is 13.9. The Bertz CT molecular complexity index is 957. The van der Waals surface area contributed by atoms with Crippen LogP contribution in [0.15, 0.2) is 51.8 Å². The Morgan fingerprint density at radius 2 is 1.85 bits per heavy atom. The van der Waals surface area contributed by atoms with Crippen LogP contribution in [0.2, 0.25) is 0 Å². The molecule has 1 fully saturated rings. The summed E-state index contributed by atoms with van der Waals surface area (Å²) in [6.45, 7) is 2.28. The molecule has 1 amide bonds. The van der Waals surface area contributed by atoms with Crippen molar-refractivity contribution in [3.8, 4) is 0 Å². The molecule has 2 aromatic rings. The number of carbonyl (C=O) groups excluding carboxylic acids is 1. The number of sulfonamides is 1. The van der Waals surface area contributed by atoms with Gasteiger partial charge >= 0.3 is 0 Å². The molecule has 0 unspecified atom stereocenters. The summed E-state index contributed by atoms with van der Waals surface area (Å²) in [5.74, 6) is -1.16. The second-order valence-electron chi connectivity index (χ2n) is 6.56. The highest BCUT2D eigenvalue weighted by Crippen LogP contribution is 2.27. The molecule has 144 valence electrons. The van der Waals surface area contributed by atoms with E-state index in [1.54, 1.807) is 0 Å². The number of halogens is 2. The first kappa shape index (κ1) is 20.0. The number of piperidine rings is 1. The maximum atomic E-state index is 13.9. The van der Waals surface area contributed by atoms with E-state index in [0.717, 1.165) is 21.8 Å². The van der Waals surface area contributed by atoms with Crippen molar-refractivity contribution in [2.75, 3.05) is 18.4 Å². The monoisotopic (exact) mass is 454 g/mol. The van der Waals surface area contributed by atoms with Crippen LogP contribution in [-0.4, -0.2) is 31.7 Å². The zero-order valence-electron chi connectivity index (χ0n) is 14.8. The molecule has 0 saturated carbocycles. The molecular formula is C19H20BrFN2O3S. The first-order chi connectivity index (χ1) is 12.8. The molecule has 1 heterocycles. The standard InChI is InChI=1S/C19H20BrFN2O3S/c1-13-12-15(20)6-7-17(13)22-19(24)14-8-10-23(11-9-14)27(25,26)18-5-3-2-4-16(18)21/h2-7,12,14H,8-11H2,1H3,(H,22,24). The zero-order valence-corrected chi connectivity index (χ0v) is 17.2. The van der Waals surface area contributed by atoms with Gasteiger partial charge in [-0.25, -0.2) is 12.8 Å². The Balaban J connectivity index is 1.65. The topological polar surface area (TPSA) is 66.5 Å². The fourth-order valence-electron chi connectivity index (χ4n) is 3.15. The number of nitrogens with one attached hydrogen (secondary N) is 1. The van der Waals surface area contributed by atoms with Crippen molar-refractivity contribution in [2.24, 2.45) is 5.92 Å². The third kappa shape index (κ3) is 4.39. The number of aryl methyl sites for hydroxylation is 1. The van der Waals surface area contributed by atoms with Crippen LogP contribution < -0.4 is 5.32 Å². The summed E-state index contributed by atoms with van der Waals surface area (Å²) in [5.41, 5.74) is 1.68. The van der Waals surface area contributed by atoms with Gasteiger partial charge in [0.25, 0.3) is 0 Å². The van der Waals surface area contributed by atoms with Gasteiger partial charge in [-0.3, -0.25) is 4.79 Å². The summed E-state index contributed by atoms with van der Waals surface area (Å²) in [5, 5.41) is 2.91. The first-order valence-corrected chi connectivity index (χ1v) is 10.8. The van der Waals surface area contributed by atoms with Crippen molar-refractivity contribution in [2.45, 2.75) is 24.7 Å². The molecule has 0 radical (unpaired) electrons. The van der Waals surface area contributed by atoms with Gasteiger partial charge < -0.3 is 5.32 Å². The van der Waals surface area contributed by atoms with Crippen molar-refractivity contribution >= 4 is 37.5 Å². The van der Waals surface area contributed by atoms with Crippen molar-refractivity contribution in [3.05, 3.63) is 58.3 Å². The fourth-order valence-corrected chi connectivity index (χ4v) is 5.16. The molecule has 0 spiro atoms. The SMILES string of the molecule is Cc1cc(Br)ccc1NC(=O)C1CCN(S(=O)(=O)c2ccccc2F)CC1. The minimum Gasteiger partial charge on any atom is -0.326 e. The van der Waals surface area contributed by atoms with E-state index in [1.807, 2.05) is 25.1 Å². The molecule has 27 heavy (non-hydrogen) atoms. The van der Waals surface area contributed by atoms with Gasteiger partial charge in [0.2, 0.25) is 15.9 Å². The molecule has 0 aliphatic carbocycles. The van der Waals surface area contributed by atoms with Gasteiger partial charge in [0.1, 0.15) is 10.7 Å². The van der Waals surface area contributed by atoms with Gasteiger partial charge in [0.05, 0.1) is 0 Å². The van der Waals surface area contributed by atoms with Crippen molar-refractivity contribution in [1.82, 2.24) is 4.31 Å². The number of rotatable bonds is 4. The molecule has 2 aromatic carbocycles. The largest absolute Gasteiger partial charge is 0.326 e. The first-order valence-electron chi connectivity index (χ1n) is 8.61. The summed E-state index contributed by atoms with van der Waals surface area (Å²) in [6.07, 6.45) is 0.796. The number of carbonyl (C=O) groups is 1. The van der Waals surface area contributed by atoms with Crippen molar-refractivity contribution in [1.29, 1.82) is 0 Å². The molecule has 1 aliphatic rings. The van der Waals surface area contributed by atoms with Crippen molar-refractivity contribution < 1.29 is 17.6 Å². The zero-order chi connectivity index (χ0) is 19.6. The van der Waals surface area contributed by atoms with Gasteiger partial charge in [0, 0.05) is 29.2 Å². The van der Waals surface area contributed by atoms with Gasteiger partial charge in [-0.2, -0.15) is 4.31 Å². The van der Waals surface area contributed by atoms with Crippen LogP contribution in [0.25, 0.3) is 0 Å². The van der Waals surface area contributed by atoms with E-state index < -0.39 is 15.8 Å². The predicted molar refractivity (Wildman–Crippen MR) is 105 cm³/mol. The molecule has 0 aromatic heterocycles. The number of nitrogens with zero attached hydrogens (tertiary/aromatic N) is 1. The summed E-state index contributed by atoms with van der Waals surface area (Å²) < 4.78 is 41.3. The summed E-state index contributed by atoms with van der Waals surface area (Å²) in [4.78, 5) is 12.2. The Morgan fingerprint density at radius 1 is 1.19 bits per heavy atom. The fraction of sp³-hybridized carbons (Fsp3) is 0.316. The van der Waals surface area contributed by atoms with E-state index in [2.05, 4.69) is 21.2 Å². The lowest BCUT2D eigenvalue weighted by molar-refractivity contribution is -0.120. The van der Waals surface area contributed by atoms with Gasteiger partial charge in [-0.1, -0.05) is 28.1 Å². The van der Waals surface area contributed by atoms with Crippen LogP contribution in [0.1, 0.15) is 18.4 Å². The Morgan fingerprint density at radius 3 is 2.48 bits per heavy atom. The highest BCUT2D eigenvalue weighted by molar-refractivity contribution is 9.10. The van der Waals surface area contributed by atoms with E-state index in [1.165, 1.54) is 22.5 Å². The second kappa shape index (κ2) is 8.08. The number of hydrogen-bond donors (Lipinski definition) is 1. The van der Waals surface area contributed by atoms with Gasteiger partial charge in [-0.15, -0.1) is 0 Å². The third-order valence-corrected chi connectivity index (χ3v) is 7.15. The van der Waals surface area contributed by atoms with E-state index in [0.29, 0.717) is 12.8 Å². The van der Waals surface area contributed by atoms with Gasteiger partial charge in [-0.05, 0) is 55.7 Å². The van der Waals surface area contributed by atoms with E-state index in [9.17, 15) is 17.6 Å². The Hall–Kier alpha value is -1.77. The summed E-state index contributed by atoms with van der Waals surface area (Å²) in [7, 11) is -3.89. The van der Waals surface area contributed by atoms with Crippen LogP contribution in [0, 0.1) is 18.7 Å². The smallest absolute Gasteiger partial charge is 0.245 e. The van der Waals surface area contributed by atoms with Crippen LogP contribution in [0.5, 0.6) is 0 Å². The number of amides is 1. The average Bonchev–Trinajstić information content (AvgIpc) is 2.64. The van der Waals surface area contributed by atoms with Crippen LogP contribution in [0.4, 0.5) is 10.1 Å². The van der Waals surface area contributed by atoms with E-state index in [-0.39, 0.29) is 29.8 Å². The lowest BCUT2D eigenvalue weighted by Gasteiger charge is -2.30. The molecular weight excluding hydrogens is 435 g/mol. The lowest BCUT2D eigenvalue weighted by atomic mass is 9.97. The quantitative estimate of drug-likeness (QED) is 0.760. The summed E-state index contributed by atoms with van der Waals surface area (Å²) in [6, 6.07) is 10.9. The Kier molecular flexibility index (Phi) is 5.98. The second-order valence-corrected chi connectivity index (χ2v) is 9.38. The molecule has 1 N–H and O–H groups in total. The number of anilines is 1. The Labute approximate surface area is 166 Å². The van der Waals surface area contributed by atoms with Crippen LogP contribution in [0.3, 0.4) is 0 Å². The normalized spacial score (nSPS) is 16.3. The minimum absolute atomic E-state index is 0.122. The van der Waals surface area contributed by atoms with Crippen LogP contribution in [-0.2, 0) is 14.8 Å². The molecule has 5 nitrogen and oxygen atoms in total. The van der Waals surface area contributed by atoms with E-state index >= 15 is 0 Å². The minimum atomic E-state index is -3.89. The molecule has 0 atom stereocenters. The molecule has 1 saturated heterocycles. The summed E-state index contributed by atoms with van der Waals surface area (Å²) >= 11 is 3.39. The molecule has 0 bridgehead atoms. The molecule has 3 rings (SSSR count). The number of benzene rings is 2. The number of hydrogen-bond acceptors (Lipinski definition) is 3. The van der Waals surface area contributed by atoms with Crippen molar-refractivity contribution in [3.63, 3.8) is 0 Å². The lowest BCUT2D eigenvalue weighted by Crippen LogP contribution is -2.41. The molecule has 8 heteroatoms. The van der Waals surface area contributed by atoms with Gasteiger partial charge in [0.15, 0.2) is 0 Å². The highest BCUT2D eigenvalue weighted by Gasteiger charge is 2.33. The molecule has 1 aliphatic heterocycles. The predicted octanol–water partition coefficient (Wildman–Crippen LogP) is 3.94. The highest BCUT2D eigenvalue weighted by atomic mass is 79.9. The maximum Gasteiger partial charge on any atom is 0.245 e. The average molecular weight is 455 g/mol.